The van der Waals surface area contributed by atoms with Gasteiger partial charge in [0.05, 0.1) is 10.5 Å². The summed E-state index contributed by atoms with van der Waals surface area (Å²) in [5, 5.41) is 0. The number of carbonyl (C=O) groups is 2. The maximum absolute atomic E-state index is 12.6. The van der Waals surface area contributed by atoms with Gasteiger partial charge in [-0.2, -0.15) is 0 Å². The molecule has 31 heavy (non-hydrogen) atoms. The number of nitrogens with one attached hydrogen (secondary N) is 1. The van der Waals surface area contributed by atoms with Crippen molar-refractivity contribution < 1.29 is 22.7 Å². The van der Waals surface area contributed by atoms with Crippen LogP contribution in [0.1, 0.15) is 36.2 Å². The number of ether oxygens (including phenoxy) is 1. The van der Waals surface area contributed by atoms with E-state index in [1.54, 1.807) is 4.90 Å². The van der Waals surface area contributed by atoms with E-state index >= 15 is 0 Å². The fourth-order valence-electron chi connectivity index (χ4n) is 3.82. The molecule has 2 aromatic carbocycles. The number of esters is 1. The highest BCUT2D eigenvalue weighted by Crippen LogP contribution is 2.21. The Bertz CT molecular complexity index is 1010. The first-order valence-electron chi connectivity index (χ1n) is 10.3. The number of benzene rings is 2. The van der Waals surface area contributed by atoms with Crippen LogP contribution in [0.5, 0.6) is 0 Å². The first kappa shape index (κ1) is 23.0. The lowest BCUT2D eigenvalue weighted by atomic mass is 9.92. The normalized spacial score (nSPS) is 19.1. The van der Waals surface area contributed by atoms with Crippen LogP contribution in [-0.2, 0) is 26.1 Å². The van der Waals surface area contributed by atoms with E-state index in [4.69, 9.17) is 4.74 Å². The molecule has 8 heteroatoms. The average Bonchev–Trinajstić information content (AvgIpc) is 2.76. The topological polar surface area (TPSA) is 92.8 Å². The SMILES string of the molecule is C[C@H]1C[C@H](C)CN(C(=O)COC(=O)c2cccc(S(=O)(=O)NCc3ccccc3)c2)C1. The molecule has 2 aromatic rings. The van der Waals surface area contributed by atoms with Crippen LogP contribution in [0.15, 0.2) is 59.5 Å². The highest BCUT2D eigenvalue weighted by Gasteiger charge is 2.26. The summed E-state index contributed by atoms with van der Waals surface area (Å²) in [6.45, 7) is 5.28. The first-order chi connectivity index (χ1) is 14.7. The predicted molar refractivity (Wildman–Crippen MR) is 117 cm³/mol. The summed E-state index contributed by atoms with van der Waals surface area (Å²) in [5.41, 5.74) is 0.900. The molecular weight excluding hydrogens is 416 g/mol. The van der Waals surface area contributed by atoms with E-state index in [1.807, 2.05) is 30.3 Å². The number of carbonyl (C=O) groups excluding carboxylic acids is 2. The molecule has 7 nitrogen and oxygen atoms in total. The number of likely N-dealkylation sites (tertiary alicyclic amines) is 1. The van der Waals surface area contributed by atoms with Crippen molar-refractivity contribution in [1.82, 2.24) is 9.62 Å². The van der Waals surface area contributed by atoms with Gasteiger partial charge in [-0.3, -0.25) is 4.79 Å². The van der Waals surface area contributed by atoms with E-state index in [0.29, 0.717) is 24.9 Å². The highest BCUT2D eigenvalue weighted by molar-refractivity contribution is 7.89. The first-order valence-corrected chi connectivity index (χ1v) is 11.8. The van der Waals surface area contributed by atoms with Crippen molar-refractivity contribution in [3.63, 3.8) is 0 Å². The van der Waals surface area contributed by atoms with Gasteiger partial charge in [0, 0.05) is 19.6 Å². The van der Waals surface area contributed by atoms with E-state index in [-0.39, 0.29) is 29.5 Å². The Labute approximate surface area is 183 Å². The second kappa shape index (κ2) is 10.1. The summed E-state index contributed by atoms with van der Waals surface area (Å²) >= 11 is 0. The maximum Gasteiger partial charge on any atom is 0.338 e. The van der Waals surface area contributed by atoms with Gasteiger partial charge < -0.3 is 9.64 Å². The van der Waals surface area contributed by atoms with E-state index in [0.717, 1.165) is 12.0 Å². The van der Waals surface area contributed by atoms with Crippen molar-refractivity contribution in [3.8, 4) is 0 Å². The fourth-order valence-corrected chi connectivity index (χ4v) is 4.88. The van der Waals surface area contributed by atoms with Gasteiger partial charge in [0.15, 0.2) is 6.61 Å². The molecule has 0 radical (unpaired) electrons. The molecule has 0 saturated carbocycles. The minimum Gasteiger partial charge on any atom is -0.452 e. The molecule has 1 N–H and O–H groups in total. The second-order valence-electron chi connectivity index (χ2n) is 8.16. The van der Waals surface area contributed by atoms with E-state index in [2.05, 4.69) is 18.6 Å². The smallest absolute Gasteiger partial charge is 0.338 e. The van der Waals surface area contributed by atoms with Gasteiger partial charge in [-0.05, 0) is 42.0 Å². The Hall–Kier alpha value is -2.71. The number of amides is 1. The summed E-state index contributed by atoms with van der Waals surface area (Å²) in [4.78, 5) is 26.5. The molecule has 0 aromatic heterocycles. The third-order valence-corrected chi connectivity index (χ3v) is 6.64. The Kier molecular flexibility index (Phi) is 7.46. The Morgan fingerprint density at radius 1 is 1.03 bits per heavy atom. The summed E-state index contributed by atoms with van der Waals surface area (Å²) in [5.74, 6) is -0.144. The van der Waals surface area contributed by atoms with Gasteiger partial charge in [-0.1, -0.05) is 50.2 Å². The lowest BCUT2D eigenvalue weighted by molar-refractivity contribution is -0.137. The van der Waals surface area contributed by atoms with Gasteiger partial charge in [-0.25, -0.2) is 17.9 Å². The Morgan fingerprint density at radius 2 is 1.71 bits per heavy atom. The molecule has 1 aliphatic rings. The molecule has 0 unspecified atom stereocenters. The highest BCUT2D eigenvalue weighted by atomic mass is 32.2. The van der Waals surface area contributed by atoms with Crippen molar-refractivity contribution in [1.29, 1.82) is 0 Å². The fraction of sp³-hybridized carbons (Fsp3) is 0.391. The molecule has 1 fully saturated rings. The molecule has 3 rings (SSSR count). The zero-order chi connectivity index (χ0) is 22.4. The zero-order valence-electron chi connectivity index (χ0n) is 17.8. The molecule has 2 atom stereocenters. The number of rotatable bonds is 7. The Balaban J connectivity index is 1.59. The third kappa shape index (κ3) is 6.38. The predicted octanol–water partition coefficient (Wildman–Crippen LogP) is 2.83. The zero-order valence-corrected chi connectivity index (χ0v) is 18.6. The Morgan fingerprint density at radius 3 is 2.39 bits per heavy atom. The van der Waals surface area contributed by atoms with Crippen LogP contribution in [0.2, 0.25) is 0 Å². The lowest BCUT2D eigenvalue weighted by Crippen LogP contribution is -2.44. The van der Waals surface area contributed by atoms with Crippen LogP contribution in [0.25, 0.3) is 0 Å². The van der Waals surface area contributed by atoms with Gasteiger partial charge in [0.1, 0.15) is 0 Å². The van der Waals surface area contributed by atoms with E-state index in [1.165, 1.54) is 24.3 Å². The van der Waals surface area contributed by atoms with Crippen LogP contribution in [0, 0.1) is 11.8 Å². The summed E-state index contributed by atoms with van der Waals surface area (Å²) in [6.07, 6.45) is 1.07. The molecule has 166 valence electrons. The van der Waals surface area contributed by atoms with E-state index in [9.17, 15) is 18.0 Å². The van der Waals surface area contributed by atoms with Crippen molar-refractivity contribution in [2.45, 2.75) is 31.7 Å². The molecular formula is C23H28N2O5S. The van der Waals surface area contributed by atoms with Crippen molar-refractivity contribution in [3.05, 3.63) is 65.7 Å². The summed E-state index contributed by atoms with van der Waals surface area (Å²) in [6, 6.07) is 14.7. The molecule has 0 spiro atoms. The van der Waals surface area contributed by atoms with Gasteiger partial charge >= 0.3 is 5.97 Å². The van der Waals surface area contributed by atoms with Crippen LogP contribution < -0.4 is 4.72 Å². The van der Waals surface area contributed by atoms with E-state index < -0.39 is 16.0 Å². The van der Waals surface area contributed by atoms with Gasteiger partial charge in [0.25, 0.3) is 5.91 Å². The second-order valence-corrected chi connectivity index (χ2v) is 9.93. The van der Waals surface area contributed by atoms with Crippen LogP contribution >= 0.6 is 0 Å². The standard InChI is InChI=1S/C23H28N2O5S/c1-17-11-18(2)15-25(14-17)22(26)16-30-23(27)20-9-6-10-21(12-20)31(28,29)24-13-19-7-4-3-5-8-19/h3-10,12,17-18,24H,11,13-16H2,1-2H3/t17-,18-/m0/s1. The lowest BCUT2D eigenvalue weighted by Gasteiger charge is -2.34. The quantitative estimate of drug-likeness (QED) is 0.663. The van der Waals surface area contributed by atoms with Gasteiger partial charge in [-0.15, -0.1) is 0 Å². The molecule has 1 saturated heterocycles. The molecule has 1 heterocycles. The number of hydrogen-bond acceptors (Lipinski definition) is 5. The minimum atomic E-state index is -3.81. The third-order valence-electron chi connectivity index (χ3n) is 5.24. The number of piperidine rings is 1. The minimum absolute atomic E-state index is 0.0390. The van der Waals surface area contributed by atoms with Crippen LogP contribution in [0.4, 0.5) is 0 Å². The van der Waals surface area contributed by atoms with Crippen molar-refractivity contribution in [2.24, 2.45) is 11.8 Å². The van der Waals surface area contributed by atoms with Crippen LogP contribution in [0.3, 0.4) is 0 Å². The number of sulfonamides is 1. The number of nitrogens with zero attached hydrogens (tertiary/aromatic N) is 1. The largest absolute Gasteiger partial charge is 0.452 e. The molecule has 1 amide bonds. The van der Waals surface area contributed by atoms with Crippen molar-refractivity contribution >= 4 is 21.9 Å². The molecule has 1 aliphatic heterocycles. The maximum atomic E-state index is 12.6. The van der Waals surface area contributed by atoms with Crippen LogP contribution in [-0.4, -0.2) is 44.9 Å². The molecule has 0 aliphatic carbocycles. The van der Waals surface area contributed by atoms with Gasteiger partial charge in [0.2, 0.25) is 10.0 Å². The number of hydrogen-bond donors (Lipinski definition) is 1. The molecule has 0 bridgehead atoms. The van der Waals surface area contributed by atoms with Crippen molar-refractivity contribution in [2.75, 3.05) is 19.7 Å². The average molecular weight is 445 g/mol. The summed E-state index contributed by atoms with van der Waals surface area (Å²) < 4.78 is 32.9. The summed E-state index contributed by atoms with van der Waals surface area (Å²) in [7, 11) is -3.81. The monoisotopic (exact) mass is 444 g/mol.